The van der Waals surface area contributed by atoms with Gasteiger partial charge < -0.3 is 10.2 Å². The van der Waals surface area contributed by atoms with Gasteiger partial charge in [-0.3, -0.25) is 13.9 Å². The number of anilines is 1. The molecule has 7 nitrogen and oxygen atoms in total. The Hall–Kier alpha value is -4.14. The summed E-state index contributed by atoms with van der Waals surface area (Å²) in [6.45, 7) is 10.8. The summed E-state index contributed by atoms with van der Waals surface area (Å²) < 4.78 is 29.7. The molecule has 1 atom stereocenters. The highest BCUT2D eigenvalue weighted by atomic mass is 35.5. The number of rotatable bonds is 11. The van der Waals surface area contributed by atoms with Crippen molar-refractivity contribution < 1.29 is 18.0 Å². The summed E-state index contributed by atoms with van der Waals surface area (Å²) in [6.07, 6.45) is 0.237. The highest BCUT2D eigenvalue weighted by molar-refractivity contribution is 7.92. The smallest absolute Gasteiger partial charge is 0.264 e. The normalized spacial score (nSPS) is 12.3. The molecule has 0 bridgehead atoms. The van der Waals surface area contributed by atoms with Crippen LogP contribution in [0.5, 0.6) is 0 Å². The molecule has 2 amide bonds. The van der Waals surface area contributed by atoms with Crippen LogP contribution in [0, 0.1) is 20.8 Å². The maximum absolute atomic E-state index is 14.7. The molecule has 0 spiro atoms. The average Bonchev–Trinajstić information content (AvgIpc) is 3.00. The molecule has 0 saturated carbocycles. The van der Waals surface area contributed by atoms with Crippen molar-refractivity contribution in [3.05, 3.63) is 130 Å². The first-order valence-corrected chi connectivity index (χ1v) is 17.0. The van der Waals surface area contributed by atoms with E-state index >= 15 is 0 Å². The van der Waals surface area contributed by atoms with E-state index in [1.165, 1.54) is 17.0 Å². The van der Waals surface area contributed by atoms with Crippen LogP contribution >= 0.6 is 11.6 Å². The van der Waals surface area contributed by atoms with Gasteiger partial charge in [-0.15, -0.1) is 0 Å². The van der Waals surface area contributed by atoms with Crippen molar-refractivity contribution in [2.75, 3.05) is 10.8 Å². The lowest BCUT2D eigenvalue weighted by Gasteiger charge is -2.36. The van der Waals surface area contributed by atoms with Crippen LogP contribution in [0.3, 0.4) is 0 Å². The molecule has 46 heavy (non-hydrogen) atoms. The number of nitrogens with one attached hydrogen (secondary N) is 1. The number of benzene rings is 4. The van der Waals surface area contributed by atoms with Gasteiger partial charge in [0.25, 0.3) is 10.0 Å². The fourth-order valence-electron chi connectivity index (χ4n) is 5.19. The SMILES string of the molecule is Cc1ccc(S(=O)(=O)N(CC(=O)N(Cc2ccccc2C)[C@@H](Cc2ccccc2)C(=O)NC(C)(C)C)c2cccc(Cl)c2C)cc1. The molecular formula is C37H42ClN3O4S. The number of halogens is 1. The lowest BCUT2D eigenvalue weighted by atomic mass is 10.00. The van der Waals surface area contributed by atoms with Gasteiger partial charge in [0.1, 0.15) is 12.6 Å². The Morgan fingerprint density at radius 2 is 1.46 bits per heavy atom. The van der Waals surface area contributed by atoms with Crippen LogP contribution in [0.2, 0.25) is 5.02 Å². The van der Waals surface area contributed by atoms with Crippen molar-refractivity contribution in [2.45, 2.75) is 71.0 Å². The Morgan fingerprint density at radius 1 is 0.826 bits per heavy atom. The Bertz CT molecular complexity index is 1790. The van der Waals surface area contributed by atoms with Gasteiger partial charge in [0, 0.05) is 23.5 Å². The summed E-state index contributed by atoms with van der Waals surface area (Å²) >= 11 is 6.47. The monoisotopic (exact) mass is 659 g/mol. The first-order chi connectivity index (χ1) is 21.7. The third kappa shape index (κ3) is 8.56. The minimum Gasteiger partial charge on any atom is -0.350 e. The predicted molar refractivity (Wildman–Crippen MR) is 185 cm³/mol. The maximum Gasteiger partial charge on any atom is 0.264 e. The first kappa shape index (κ1) is 34.7. The van der Waals surface area contributed by atoms with Gasteiger partial charge in [-0.05, 0) is 88.1 Å². The van der Waals surface area contributed by atoms with Crippen molar-refractivity contribution in [2.24, 2.45) is 0 Å². The Balaban J connectivity index is 1.86. The molecule has 1 N–H and O–H groups in total. The fraction of sp³-hybridized carbons (Fsp3) is 0.297. The second-order valence-corrected chi connectivity index (χ2v) is 14.9. The minimum absolute atomic E-state index is 0.0436. The second kappa shape index (κ2) is 14.5. The highest BCUT2D eigenvalue weighted by Crippen LogP contribution is 2.31. The molecule has 9 heteroatoms. The van der Waals surface area contributed by atoms with Crippen molar-refractivity contribution in [1.29, 1.82) is 0 Å². The van der Waals surface area contributed by atoms with Gasteiger partial charge in [-0.25, -0.2) is 8.42 Å². The van der Waals surface area contributed by atoms with Crippen LogP contribution in [0.4, 0.5) is 5.69 Å². The van der Waals surface area contributed by atoms with E-state index in [0.29, 0.717) is 10.6 Å². The van der Waals surface area contributed by atoms with Crippen molar-refractivity contribution in [3.8, 4) is 0 Å². The molecule has 0 aliphatic rings. The van der Waals surface area contributed by atoms with Crippen LogP contribution < -0.4 is 9.62 Å². The third-order valence-corrected chi connectivity index (χ3v) is 9.95. The number of amides is 2. The summed E-state index contributed by atoms with van der Waals surface area (Å²) in [5.41, 5.74) is 3.81. The van der Waals surface area contributed by atoms with Gasteiger partial charge >= 0.3 is 0 Å². The highest BCUT2D eigenvalue weighted by Gasteiger charge is 2.36. The molecule has 0 fully saturated rings. The summed E-state index contributed by atoms with van der Waals surface area (Å²) in [4.78, 5) is 30.3. The quantitative estimate of drug-likeness (QED) is 0.188. The minimum atomic E-state index is -4.23. The average molecular weight is 660 g/mol. The summed E-state index contributed by atoms with van der Waals surface area (Å²) in [5, 5.41) is 3.43. The van der Waals surface area contributed by atoms with Gasteiger partial charge in [-0.2, -0.15) is 0 Å². The summed E-state index contributed by atoms with van der Waals surface area (Å²) in [7, 11) is -4.23. The number of aryl methyl sites for hydroxylation is 2. The van der Waals surface area contributed by atoms with E-state index in [2.05, 4.69) is 5.32 Å². The number of hydrogen-bond acceptors (Lipinski definition) is 4. The standard InChI is InChI=1S/C37H42ClN3O4S/c1-26-19-21-31(22-20-26)46(44,45)41(33-18-12-17-32(38)28(33)3)25-35(42)40(24-30-16-11-10-13-27(30)2)34(36(43)39-37(4,5)6)23-29-14-8-7-9-15-29/h7-22,34H,23-25H2,1-6H3,(H,39,43)/t34-/m0/s1. The molecule has 0 unspecified atom stereocenters. The molecule has 0 heterocycles. The van der Waals surface area contributed by atoms with Gasteiger partial charge in [0.15, 0.2) is 0 Å². The number of sulfonamides is 1. The van der Waals surface area contributed by atoms with Crippen LogP contribution in [0.15, 0.2) is 102 Å². The van der Waals surface area contributed by atoms with E-state index in [9.17, 15) is 18.0 Å². The third-order valence-electron chi connectivity index (χ3n) is 7.77. The fourth-order valence-corrected chi connectivity index (χ4v) is 6.84. The second-order valence-electron chi connectivity index (χ2n) is 12.6. The number of hydrogen-bond donors (Lipinski definition) is 1. The van der Waals surface area contributed by atoms with Crippen molar-refractivity contribution >= 4 is 39.1 Å². The molecule has 4 rings (SSSR count). The lowest BCUT2D eigenvalue weighted by molar-refractivity contribution is -0.140. The van der Waals surface area contributed by atoms with Crippen LogP contribution in [0.1, 0.15) is 48.6 Å². The molecule has 4 aromatic carbocycles. The van der Waals surface area contributed by atoms with Crippen molar-refractivity contribution in [3.63, 3.8) is 0 Å². The van der Waals surface area contributed by atoms with E-state index in [4.69, 9.17) is 11.6 Å². The van der Waals surface area contributed by atoms with E-state index in [0.717, 1.165) is 26.6 Å². The Morgan fingerprint density at radius 3 is 2.09 bits per heavy atom. The first-order valence-electron chi connectivity index (χ1n) is 15.2. The van der Waals surface area contributed by atoms with E-state index in [1.54, 1.807) is 37.3 Å². The molecule has 0 saturated heterocycles. The zero-order chi connectivity index (χ0) is 33.6. The molecule has 4 aromatic rings. The van der Waals surface area contributed by atoms with Crippen LogP contribution in [0.25, 0.3) is 0 Å². The van der Waals surface area contributed by atoms with Crippen molar-refractivity contribution in [1.82, 2.24) is 10.2 Å². The summed E-state index contributed by atoms with van der Waals surface area (Å²) in [5.74, 6) is -0.853. The zero-order valence-electron chi connectivity index (χ0n) is 27.2. The van der Waals surface area contributed by atoms with Gasteiger partial charge in [0.05, 0.1) is 10.6 Å². The molecule has 0 aliphatic heterocycles. The predicted octanol–water partition coefficient (Wildman–Crippen LogP) is 7.02. The number of nitrogens with zero attached hydrogens (tertiary/aromatic N) is 2. The molecule has 0 radical (unpaired) electrons. The van der Waals surface area contributed by atoms with E-state index in [1.807, 2.05) is 89.2 Å². The topological polar surface area (TPSA) is 86.8 Å². The largest absolute Gasteiger partial charge is 0.350 e. The van der Waals surface area contributed by atoms with Crippen LogP contribution in [-0.2, 0) is 32.6 Å². The maximum atomic E-state index is 14.7. The lowest BCUT2D eigenvalue weighted by Crippen LogP contribution is -2.56. The molecular weight excluding hydrogens is 618 g/mol. The van der Waals surface area contributed by atoms with Gasteiger partial charge in [-0.1, -0.05) is 90.0 Å². The van der Waals surface area contributed by atoms with Crippen LogP contribution in [-0.4, -0.2) is 43.3 Å². The molecule has 0 aliphatic carbocycles. The number of carbonyl (C=O) groups is 2. The van der Waals surface area contributed by atoms with Gasteiger partial charge in [0.2, 0.25) is 11.8 Å². The summed E-state index contributed by atoms with van der Waals surface area (Å²) in [6, 6.07) is 27.7. The molecule has 242 valence electrons. The zero-order valence-corrected chi connectivity index (χ0v) is 28.8. The van der Waals surface area contributed by atoms with E-state index < -0.39 is 34.1 Å². The Kier molecular flexibility index (Phi) is 11.0. The molecule has 0 aromatic heterocycles. The Labute approximate surface area is 278 Å². The van der Waals surface area contributed by atoms with E-state index in [-0.39, 0.29) is 29.5 Å². The number of carbonyl (C=O) groups excluding carboxylic acids is 2.